The van der Waals surface area contributed by atoms with Gasteiger partial charge in [0.15, 0.2) is 0 Å². The van der Waals surface area contributed by atoms with Gasteiger partial charge >= 0.3 is 0 Å². The molecule has 0 unspecified atom stereocenters. The Morgan fingerprint density at radius 1 is 0.722 bits per heavy atom. The maximum atomic E-state index is 11.7. The number of nitrogens with zero attached hydrogens (tertiary/aromatic N) is 2. The third-order valence-corrected chi connectivity index (χ3v) is 4.67. The number of nitrogens with one attached hydrogen (secondary N) is 2. The molecule has 0 atom stereocenters. The molecule has 0 saturated carbocycles. The average molecular weight is 502 g/mol. The highest BCUT2D eigenvalue weighted by atomic mass is 16.6. The van der Waals surface area contributed by atoms with Crippen LogP contribution in [0.3, 0.4) is 0 Å². The van der Waals surface area contributed by atoms with Crippen LogP contribution < -0.4 is 22.1 Å². The number of nitro benzene ring substituents is 2. The van der Waals surface area contributed by atoms with Crippen molar-refractivity contribution in [2.75, 3.05) is 13.1 Å². The third kappa shape index (κ3) is 9.54. The molecule has 0 radical (unpaired) electrons. The van der Waals surface area contributed by atoms with E-state index in [1.165, 1.54) is 36.4 Å². The highest BCUT2D eigenvalue weighted by Gasteiger charge is 2.15. The molecule has 0 aliphatic rings. The van der Waals surface area contributed by atoms with Crippen LogP contribution >= 0.6 is 0 Å². The number of benzene rings is 2. The molecule has 14 nitrogen and oxygen atoms in total. The lowest BCUT2D eigenvalue weighted by Crippen LogP contribution is -2.28. The minimum atomic E-state index is -0.570. The molecule has 192 valence electrons. The van der Waals surface area contributed by atoms with E-state index in [9.17, 15) is 39.4 Å². The van der Waals surface area contributed by atoms with Gasteiger partial charge in [-0.25, -0.2) is 0 Å². The minimum Gasteiger partial charge on any atom is -0.370 e. The Balaban J connectivity index is 0.000000360. The summed E-state index contributed by atoms with van der Waals surface area (Å²) in [5, 5.41) is 26.2. The molecule has 4 amide bonds. The van der Waals surface area contributed by atoms with Crippen LogP contribution in [0.2, 0.25) is 0 Å². The summed E-state index contributed by atoms with van der Waals surface area (Å²) in [4.78, 5) is 64.6. The predicted octanol–water partition coefficient (Wildman–Crippen LogP) is 1.02. The van der Waals surface area contributed by atoms with E-state index in [4.69, 9.17) is 11.5 Å². The lowest BCUT2D eigenvalue weighted by Gasteiger charge is -2.06. The van der Waals surface area contributed by atoms with E-state index in [-0.39, 0.29) is 48.4 Å². The molecule has 2 rings (SSSR count). The fourth-order valence-electron chi connectivity index (χ4n) is 2.73. The largest absolute Gasteiger partial charge is 0.370 e. The van der Waals surface area contributed by atoms with Gasteiger partial charge in [-0.1, -0.05) is 12.1 Å². The van der Waals surface area contributed by atoms with E-state index in [1.54, 1.807) is 13.8 Å². The fraction of sp³-hybridized carbons (Fsp3) is 0.273. The lowest BCUT2D eigenvalue weighted by molar-refractivity contribution is -0.385. The lowest BCUT2D eigenvalue weighted by atomic mass is 10.1. The topological polar surface area (TPSA) is 231 Å². The van der Waals surface area contributed by atoms with E-state index in [2.05, 4.69) is 10.6 Å². The number of nitrogens with two attached hydrogens (primary N) is 2. The van der Waals surface area contributed by atoms with Gasteiger partial charge in [0.25, 0.3) is 23.2 Å². The summed E-state index contributed by atoms with van der Waals surface area (Å²) in [6, 6.07) is 8.07. The van der Waals surface area contributed by atoms with Gasteiger partial charge in [-0.3, -0.25) is 39.4 Å². The van der Waals surface area contributed by atoms with Crippen molar-refractivity contribution >= 4 is 35.0 Å². The number of primary amides is 2. The monoisotopic (exact) mass is 502 g/mol. The first-order chi connectivity index (χ1) is 16.8. The van der Waals surface area contributed by atoms with E-state index in [0.29, 0.717) is 11.1 Å². The molecule has 14 heteroatoms. The van der Waals surface area contributed by atoms with Gasteiger partial charge in [0.05, 0.1) is 9.85 Å². The van der Waals surface area contributed by atoms with Crippen LogP contribution in [0.15, 0.2) is 36.4 Å². The van der Waals surface area contributed by atoms with Gasteiger partial charge in [-0.2, -0.15) is 0 Å². The molecular formula is C22H26N6O8. The Kier molecular flexibility index (Phi) is 11.1. The van der Waals surface area contributed by atoms with Crippen molar-refractivity contribution in [3.8, 4) is 0 Å². The summed E-state index contributed by atoms with van der Waals surface area (Å²) in [5.74, 6) is -1.97. The van der Waals surface area contributed by atoms with Crippen LogP contribution in [0.1, 0.15) is 44.7 Å². The number of carbonyl (C=O) groups excluding carboxylic acids is 4. The number of aryl methyl sites for hydroxylation is 2. The maximum Gasteiger partial charge on any atom is 0.270 e. The van der Waals surface area contributed by atoms with Crippen LogP contribution in [0.25, 0.3) is 0 Å². The van der Waals surface area contributed by atoms with Crippen molar-refractivity contribution in [3.63, 3.8) is 0 Å². The maximum absolute atomic E-state index is 11.7. The van der Waals surface area contributed by atoms with Crippen LogP contribution in [-0.4, -0.2) is 46.6 Å². The molecule has 0 saturated heterocycles. The summed E-state index contributed by atoms with van der Waals surface area (Å²) < 4.78 is 0. The quantitative estimate of drug-likeness (QED) is 0.270. The molecule has 0 aromatic heterocycles. The van der Waals surface area contributed by atoms with E-state index >= 15 is 0 Å². The molecule has 0 spiro atoms. The molecule has 2 aromatic rings. The van der Waals surface area contributed by atoms with Crippen molar-refractivity contribution in [2.24, 2.45) is 11.5 Å². The van der Waals surface area contributed by atoms with Crippen LogP contribution in [-0.2, 0) is 9.59 Å². The van der Waals surface area contributed by atoms with Crippen molar-refractivity contribution in [2.45, 2.75) is 26.7 Å². The van der Waals surface area contributed by atoms with Crippen LogP contribution in [0.4, 0.5) is 11.4 Å². The summed E-state index contributed by atoms with van der Waals surface area (Å²) in [6.45, 7) is 3.56. The smallest absolute Gasteiger partial charge is 0.270 e. The second-order valence-corrected chi connectivity index (χ2v) is 7.46. The normalized spacial score (nSPS) is 9.83. The van der Waals surface area contributed by atoms with E-state index in [0.717, 1.165) is 0 Å². The highest BCUT2D eigenvalue weighted by molar-refractivity contribution is 5.97. The SMILES string of the molecule is Cc1ccc([N+](=O)[O-])cc1C(=O)NCCC(N)=O.Cc1ccc([N+](=O)[O-])cc1C(=O)NCCC(N)=O. The summed E-state index contributed by atoms with van der Waals surface area (Å²) in [6.07, 6.45) is 0.0550. The molecular weight excluding hydrogens is 476 g/mol. The van der Waals surface area contributed by atoms with Gasteiger partial charge < -0.3 is 22.1 Å². The van der Waals surface area contributed by atoms with Gasteiger partial charge in [0.1, 0.15) is 0 Å². The molecule has 0 aliphatic carbocycles. The number of hydrogen-bond acceptors (Lipinski definition) is 8. The minimum absolute atomic E-state index is 0.0275. The van der Waals surface area contributed by atoms with Gasteiger partial charge in [-0.05, 0) is 25.0 Å². The summed E-state index contributed by atoms with van der Waals surface area (Å²) in [5.41, 5.74) is 11.2. The predicted molar refractivity (Wildman–Crippen MR) is 128 cm³/mol. The first kappa shape index (κ1) is 29.2. The van der Waals surface area contributed by atoms with Crippen molar-refractivity contribution < 1.29 is 29.0 Å². The van der Waals surface area contributed by atoms with Crippen molar-refractivity contribution in [1.82, 2.24) is 10.6 Å². The van der Waals surface area contributed by atoms with Crippen molar-refractivity contribution in [1.29, 1.82) is 0 Å². The molecule has 0 heterocycles. The molecule has 6 N–H and O–H groups in total. The van der Waals surface area contributed by atoms with Crippen LogP contribution in [0, 0.1) is 34.1 Å². The number of rotatable bonds is 10. The summed E-state index contributed by atoms with van der Waals surface area (Å²) >= 11 is 0. The average Bonchev–Trinajstić information content (AvgIpc) is 2.79. The number of hydrogen-bond donors (Lipinski definition) is 4. The van der Waals surface area contributed by atoms with Crippen LogP contribution in [0.5, 0.6) is 0 Å². The first-order valence-electron chi connectivity index (χ1n) is 10.5. The number of nitro groups is 2. The molecule has 36 heavy (non-hydrogen) atoms. The van der Waals surface area contributed by atoms with Gasteiger partial charge in [0.2, 0.25) is 11.8 Å². The van der Waals surface area contributed by atoms with Gasteiger partial charge in [-0.15, -0.1) is 0 Å². The third-order valence-electron chi connectivity index (χ3n) is 4.67. The first-order valence-corrected chi connectivity index (χ1v) is 10.5. The fourth-order valence-corrected chi connectivity index (χ4v) is 2.73. The summed E-state index contributed by atoms with van der Waals surface area (Å²) in [7, 11) is 0. The standard InChI is InChI=1S/2C11H13N3O4/c2*1-7-2-3-8(14(17)18)6-9(7)11(16)13-5-4-10(12)15/h2*2-3,6H,4-5H2,1H3,(H2,12,15)(H,13,16). The number of non-ortho nitro benzene ring substituents is 2. The molecule has 0 aliphatic heterocycles. The van der Waals surface area contributed by atoms with E-state index in [1.807, 2.05) is 0 Å². The second kappa shape index (κ2) is 13.7. The molecule has 0 bridgehead atoms. The Hall–Kier alpha value is -4.88. The number of amides is 4. The highest BCUT2D eigenvalue weighted by Crippen LogP contribution is 2.18. The Labute approximate surface area is 205 Å². The molecule has 2 aromatic carbocycles. The van der Waals surface area contributed by atoms with E-state index < -0.39 is 33.5 Å². The van der Waals surface area contributed by atoms with Gasteiger partial charge in [0, 0.05) is 61.3 Å². The Morgan fingerprint density at radius 2 is 1.06 bits per heavy atom. The second-order valence-electron chi connectivity index (χ2n) is 7.46. The Bertz CT molecular complexity index is 1090. The zero-order chi connectivity index (χ0) is 27.4. The Morgan fingerprint density at radius 3 is 1.33 bits per heavy atom. The molecule has 0 fully saturated rings. The zero-order valence-electron chi connectivity index (χ0n) is 19.6. The zero-order valence-corrected chi connectivity index (χ0v) is 19.6. The van der Waals surface area contributed by atoms with Crippen molar-refractivity contribution in [3.05, 3.63) is 78.9 Å². The number of carbonyl (C=O) groups is 4.